The molecule has 0 aliphatic carbocycles. The molecule has 0 saturated carbocycles. The van der Waals surface area contributed by atoms with Crippen molar-refractivity contribution in [1.82, 2.24) is 0 Å². The maximum atomic E-state index is 8.81. The van der Waals surface area contributed by atoms with Crippen LogP contribution in [0.25, 0.3) is 0 Å². The molecule has 0 heterocycles. The van der Waals surface area contributed by atoms with Crippen LogP contribution in [0.3, 0.4) is 0 Å². The summed E-state index contributed by atoms with van der Waals surface area (Å²) in [4.78, 5) is 8.81. The molecule has 0 aromatic heterocycles. The van der Waals surface area contributed by atoms with Crippen LogP contribution >= 0.6 is 0 Å². The molecule has 0 saturated heterocycles. The first-order valence-corrected chi connectivity index (χ1v) is 2.23. The highest BCUT2D eigenvalue weighted by atomic mass is 16.1. The van der Waals surface area contributed by atoms with Crippen LogP contribution in [0.1, 0.15) is 34.6 Å². The van der Waals surface area contributed by atoms with E-state index < -0.39 is 0 Å². The van der Waals surface area contributed by atoms with Gasteiger partial charge in [-0.2, -0.15) is 0 Å². The van der Waals surface area contributed by atoms with E-state index in [1.54, 1.807) is 0 Å². The van der Waals surface area contributed by atoms with E-state index in [0.29, 0.717) is 0 Å². The summed E-state index contributed by atoms with van der Waals surface area (Å²) in [5.74, 6) is 0. The molecule has 0 aromatic rings. The lowest BCUT2D eigenvalue weighted by molar-refractivity contribution is -0.106. The summed E-state index contributed by atoms with van der Waals surface area (Å²) in [6, 6.07) is 0. The summed E-state index contributed by atoms with van der Waals surface area (Å²) in [5.41, 5.74) is 0. The van der Waals surface area contributed by atoms with Crippen molar-refractivity contribution in [3.8, 4) is 0 Å². The zero-order valence-electron chi connectivity index (χ0n) is 4.69. The highest BCUT2D eigenvalue weighted by Crippen LogP contribution is 1.56. The van der Waals surface area contributed by atoms with Gasteiger partial charge >= 0.3 is 0 Å². The minimum Gasteiger partial charge on any atom is -0.304 e. The molecular weight excluding hydrogens is 88.1 g/mol. The molecule has 0 N–H and O–H groups in total. The fourth-order valence-electron chi connectivity index (χ4n) is 0. The van der Waals surface area contributed by atoms with Crippen molar-refractivity contribution < 1.29 is 4.79 Å². The average Bonchev–Trinajstić information content (AvgIpc) is 1.39. The van der Waals surface area contributed by atoms with Gasteiger partial charge in [0.1, 0.15) is 6.29 Å². The van der Waals surface area contributed by atoms with Crippen LogP contribution < -0.4 is 0 Å². The molecule has 46 valence electrons. The van der Waals surface area contributed by atoms with Gasteiger partial charge < -0.3 is 4.79 Å². The van der Waals surface area contributed by atoms with Gasteiger partial charge in [0.25, 0.3) is 0 Å². The summed E-state index contributed by atoms with van der Waals surface area (Å²) in [5, 5.41) is 0. The monoisotopic (exact) mass is 104 g/mol. The lowest BCUT2D eigenvalue weighted by atomic mass is 10.6. The predicted octanol–water partition coefficient (Wildman–Crippen LogP) is 2.26. The lowest BCUT2D eigenvalue weighted by Gasteiger charge is -1.48. The van der Waals surface area contributed by atoms with Gasteiger partial charge in [0.05, 0.1) is 0 Å². The number of aldehydes is 1. The van der Waals surface area contributed by atoms with Gasteiger partial charge in [-0.1, -0.05) is 27.7 Å². The molecular formula is C6H16O. The molecule has 1 heteroatoms. The van der Waals surface area contributed by atoms with Crippen LogP contribution in [-0.2, 0) is 4.79 Å². The van der Waals surface area contributed by atoms with Crippen LogP contribution in [0.2, 0.25) is 0 Å². The SMILES string of the molecule is C.CC=O.CCC. The quantitative estimate of drug-likeness (QED) is 0.431. The van der Waals surface area contributed by atoms with E-state index in [-0.39, 0.29) is 7.43 Å². The Hall–Kier alpha value is -0.330. The van der Waals surface area contributed by atoms with Gasteiger partial charge in [0, 0.05) is 0 Å². The first-order chi connectivity index (χ1) is 2.83. The Balaban J connectivity index is -0.0000000400. The fraction of sp³-hybridized carbons (Fsp3) is 0.833. The molecule has 7 heavy (non-hydrogen) atoms. The highest BCUT2D eigenvalue weighted by molar-refractivity contribution is 5.44. The smallest absolute Gasteiger partial charge is 0.116 e. The fourth-order valence-corrected chi connectivity index (χ4v) is 0. The second kappa shape index (κ2) is 44.3. The summed E-state index contributed by atoms with van der Waals surface area (Å²) in [6.07, 6.45) is 2.00. The minimum atomic E-state index is 0. The molecule has 0 aromatic carbocycles. The Morgan fingerprint density at radius 1 is 1.43 bits per heavy atom. The Bertz CT molecular complexity index is 18.1. The molecule has 0 radical (unpaired) electrons. The van der Waals surface area contributed by atoms with Gasteiger partial charge in [-0.3, -0.25) is 0 Å². The maximum absolute atomic E-state index is 8.81. The molecule has 0 atom stereocenters. The highest BCUT2D eigenvalue weighted by Gasteiger charge is 1.35. The van der Waals surface area contributed by atoms with E-state index >= 15 is 0 Å². The average molecular weight is 104 g/mol. The zero-order valence-corrected chi connectivity index (χ0v) is 4.69. The molecule has 0 unspecified atom stereocenters. The van der Waals surface area contributed by atoms with Crippen molar-refractivity contribution in [2.45, 2.75) is 34.6 Å². The summed E-state index contributed by atoms with van der Waals surface area (Å²) in [6.45, 7) is 5.69. The van der Waals surface area contributed by atoms with Gasteiger partial charge in [0.2, 0.25) is 0 Å². The van der Waals surface area contributed by atoms with Crippen LogP contribution in [-0.4, -0.2) is 6.29 Å². The number of rotatable bonds is 0. The topological polar surface area (TPSA) is 17.1 Å². The summed E-state index contributed by atoms with van der Waals surface area (Å²) >= 11 is 0. The van der Waals surface area contributed by atoms with Gasteiger partial charge in [-0.15, -0.1) is 0 Å². The number of hydrogen-bond donors (Lipinski definition) is 0. The molecule has 0 aliphatic heterocycles. The second-order valence-corrected chi connectivity index (χ2v) is 0.943. The van der Waals surface area contributed by atoms with Crippen LogP contribution in [0, 0.1) is 0 Å². The molecule has 0 aliphatic rings. The van der Waals surface area contributed by atoms with Crippen molar-refractivity contribution in [1.29, 1.82) is 0 Å². The van der Waals surface area contributed by atoms with E-state index in [9.17, 15) is 0 Å². The molecule has 0 spiro atoms. The van der Waals surface area contributed by atoms with E-state index in [1.165, 1.54) is 13.3 Å². The molecule has 0 fully saturated rings. The zero-order chi connectivity index (χ0) is 5.41. The van der Waals surface area contributed by atoms with E-state index in [0.717, 1.165) is 6.29 Å². The third-order valence-corrected chi connectivity index (χ3v) is 0. The largest absolute Gasteiger partial charge is 0.304 e. The van der Waals surface area contributed by atoms with Crippen molar-refractivity contribution in [2.24, 2.45) is 0 Å². The first kappa shape index (κ1) is 15.9. The Kier molecular flexibility index (Phi) is 101. The van der Waals surface area contributed by atoms with Crippen molar-refractivity contribution in [3.63, 3.8) is 0 Å². The Morgan fingerprint density at radius 2 is 1.43 bits per heavy atom. The van der Waals surface area contributed by atoms with Crippen LogP contribution in [0.4, 0.5) is 0 Å². The van der Waals surface area contributed by atoms with E-state index in [4.69, 9.17) is 4.79 Å². The Morgan fingerprint density at radius 3 is 1.43 bits per heavy atom. The van der Waals surface area contributed by atoms with Crippen molar-refractivity contribution >= 4 is 6.29 Å². The first-order valence-electron chi connectivity index (χ1n) is 2.23. The number of hydrogen-bond acceptors (Lipinski definition) is 1. The number of carbonyl (C=O) groups is 1. The van der Waals surface area contributed by atoms with Gasteiger partial charge in [0.15, 0.2) is 0 Å². The molecule has 0 bridgehead atoms. The van der Waals surface area contributed by atoms with Crippen molar-refractivity contribution in [3.05, 3.63) is 0 Å². The molecule has 0 amide bonds. The van der Waals surface area contributed by atoms with Crippen LogP contribution in [0.5, 0.6) is 0 Å². The molecule has 1 nitrogen and oxygen atoms in total. The molecule has 0 rings (SSSR count). The van der Waals surface area contributed by atoms with Crippen LogP contribution in [0.15, 0.2) is 0 Å². The maximum Gasteiger partial charge on any atom is 0.116 e. The third-order valence-electron chi connectivity index (χ3n) is 0. The van der Waals surface area contributed by atoms with Gasteiger partial charge in [-0.05, 0) is 6.92 Å². The lowest BCUT2D eigenvalue weighted by Crippen LogP contribution is -1.36. The third kappa shape index (κ3) is 701. The second-order valence-electron chi connectivity index (χ2n) is 0.943. The van der Waals surface area contributed by atoms with Crippen molar-refractivity contribution in [2.75, 3.05) is 0 Å². The van der Waals surface area contributed by atoms with E-state index in [1.807, 2.05) is 0 Å². The summed E-state index contributed by atoms with van der Waals surface area (Å²) < 4.78 is 0. The standard InChI is InChI=1S/C3H8.C2H4O.CH4/c1-3-2;1-2-3;/h3H2,1-2H3;2H,1H3;1H4. The predicted molar refractivity (Wildman–Crippen MR) is 34.4 cm³/mol. The Labute approximate surface area is 46.7 Å². The normalized spacial score (nSPS) is 4.43. The summed E-state index contributed by atoms with van der Waals surface area (Å²) in [7, 11) is 0. The number of carbonyl (C=O) groups excluding carboxylic acids is 1. The minimum absolute atomic E-state index is 0. The van der Waals surface area contributed by atoms with Gasteiger partial charge in [-0.25, -0.2) is 0 Å². The van der Waals surface area contributed by atoms with E-state index in [2.05, 4.69) is 13.8 Å².